The van der Waals surface area contributed by atoms with Crippen LogP contribution < -0.4 is 18.9 Å². The van der Waals surface area contributed by atoms with Gasteiger partial charge in [-0.15, -0.1) is 0 Å². The smallest absolute Gasteiger partial charge is 0.416 e. The lowest BCUT2D eigenvalue weighted by molar-refractivity contribution is -0.138. The Labute approximate surface area is 187 Å². The summed E-state index contributed by atoms with van der Waals surface area (Å²) in [4.78, 5) is 12.0. The van der Waals surface area contributed by atoms with Crippen molar-refractivity contribution in [2.24, 2.45) is 0 Å². The molecule has 0 unspecified atom stereocenters. The minimum atomic E-state index is -4.78. The average Bonchev–Trinajstić information content (AvgIpc) is 3.18. The monoisotopic (exact) mass is 460 g/mol. The van der Waals surface area contributed by atoms with Crippen LogP contribution in [0.15, 0.2) is 54.6 Å². The first-order valence-corrected chi connectivity index (χ1v) is 9.76. The number of carboxylic acids is 1. The molecule has 1 aliphatic rings. The highest BCUT2D eigenvalue weighted by Gasteiger charge is 2.49. The molecule has 1 heterocycles. The van der Waals surface area contributed by atoms with Gasteiger partial charge in [-0.3, -0.25) is 0 Å². The highest BCUT2D eigenvalue weighted by Crippen LogP contribution is 2.52. The average molecular weight is 460 g/mol. The molecule has 9 heteroatoms. The lowest BCUT2D eigenvalue weighted by Crippen LogP contribution is -2.37. The first-order chi connectivity index (χ1) is 15.6. The van der Waals surface area contributed by atoms with E-state index in [1.807, 2.05) is 0 Å². The van der Waals surface area contributed by atoms with Crippen LogP contribution in [0, 0.1) is 6.92 Å². The van der Waals surface area contributed by atoms with E-state index in [0.29, 0.717) is 22.6 Å². The Morgan fingerprint density at radius 2 is 1.39 bits per heavy atom. The number of rotatable bonds is 5. The Balaban J connectivity index is 1.95. The van der Waals surface area contributed by atoms with Crippen molar-refractivity contribution in [3.05, 3.63) is 82.4 Å². The van der Waals surface area contributed by atoms with Crippen molar-refractivity contribution in [2.45, 2.75) is 18.9 Å². The number of fused-ring (bicyclic) bond motifs is 1. The Morgan fingerprint density at radius 3 is 1.79 bits per heavy atom. The van der Waals surface area contributed by atoms with Crippen molar-refractivity contribution in [1.29, 1.82) is 0 Å². The van der Waals surface area contributed by atoms with Crippen molar-refractivity contribution in [2.75, 3.05) is 14.2 Å². The minimum Gasteiger partial charge on any atom is -0.497 e. The van der Waals surface area contributed by atoms with E-state index in [-0.39, 0.29) is 11.5 Å². The zero-order valence-electron chi connectivity index (χ0n) is 17.8. The van der Waals surface area contributed by atoms with Gasteiger partial charge >= 0.3 is 17.9 Å². The molecule has 33 heavy (non-hydrogen) atoms. The van der Waals surface area contributed by atoms with Gasteiger partial charge in [0.25, 0.3) is 0 Å². The van der Waals surface area contributed by atoms with Gasteiger partial charge in [0, 0.05) is 11.1 Å². The molecule has 1 aliphatic heterocycles. The van der Waals surface area contributed by atoms with Crippen molar-refractivity contribution < 1.29 is 42.0 Å². The first-order valence-electron chi connectivity index (χ1n) is 9.76. The van der Waals surface area contributed by atoms with E-state index in [9.17, 15) is 23.1 Å². The summed E-state index contributed by atoms with van der Waals surface area (Å²) in [5.41, 5.74) is -1.33. The fourth-order valence-electron chi connectivity index (χ4n) is 3.80. The molecule has 1 N–H and O–H groups in total. The second-order valence-corrected chi connectivity index (χ2v) is 7.33. The molecular weight excluding hydrogens is 441 g/mol. The highest BCUT2D eigenvalue weighted by molar-refractivity contribution is 5.94. The Hall–Kier alpha value is -3.88. The molecule has 0 radical (unpaired) electrons. The quantitative estimate of drug-likeness (QED) is 0.550. The minimum absolute atomic E-state index is 0.278. The molecular formula is C24H19F3O6. The number of carbonyl (C=O) groups is 1. The Morgan fingerprint density at radius 1 is 0.909 bits per heavy atom. The summed E-state index contributed by atoms with van der Waals surface area (Å²) in [5.74, 6) is -2.81. The molecule has 0 saturated carbocycles. The summed E-state index contributed by atoms with van der Waals surface area (Å²) in [7, 11) is 2.99. The van der Waals surface area contributed by atoms with E-state index < -0.39 is 34.6 Å². The van der Waals surface area contributed by atoms with Gasteiger partial charge in [-0.1, -0.05) is 0 Å². The molecule has 0 saturated heterocycles. The molecule has 0 amide bonds. The molecule has 4 rings (SSSR count). The number of halogens is 3. The van der Waals surface area contributed by atoms with Crippen molar-refractivity contribution in [3.8, 4) is 23.0 Å². The zero-order valence-corrected chi connectivity index (χ0v) is 17.8. The first kappa shape index (κ1) is 22.3. The van der Waals surface area contributed by atoms with Crippen LogP contribution in [0.1, 0.15) is 32.6 Å². The number of methoxy groups -OCH3 is 2. The third-order valence-electron chi connectivity index (χ3n) is 5.46. The highest BCUT2D eigenvalue weighted by atomic mass is 19.4. The summed E-state index contributed by atoms with van der Waals surface area (Å²) in [6.07, 6.45) is -4.78. The number of ether oxygens (including phenoxy) is 4. The lowest BCUT2D eigenvalue weighted by atomic mass is 9.97. The molecule has 3 aromatic carbocycles. The molecule has 172 valence electrons. The maximum Gasteiger partial charge on any atom is 0.416 e. The van der Waals surface area contributed by atoms with Crippen molar-refractivity contribution in [1.82, 2.24) is 0 Å². The van der Waals surface area contributed by atoms with Crippen LogP contribution in [0.25, 0.3) is 0 Å². The van der Waals surface area contributed by atoms with Crippen LogP contribution in [0.4, 0.5) is 13.2 Å². The normalized spacial score (nSPS) is 14.1. The SMILES string of the molecule is COc1ccc(C2(c3ccc(OC)cc3)Oc3cc(C(F)(F)F)c(C)c(C(=O)O)c3O2)cc1. The standard InChI is InChI=1S/C24H19F3O6/c1-13-18(24(25,26)27)12-19-21(20(13)22(28)29)33-23(32-19,14-4-8-16(30-2)9-5-14)15-6-10-17(31-3)11-7-15/h4-12H,1-3H3,(H,28,29). The maximum atomic E-state index is 13.6. The van der Waals surface area contributed by atoms with Crippen LogP contribution in [0.2, 0.25) is 0 Å². The molecule has 0 aromatic heterocycles. The van der Waals surface area contributed by atoms with E-state index in [1.165, 1.54) is 14.2 Å². The van der Waals surface area contributed by atoms with E-state index in [4.69, 9.17) is 18.9 Å². The van der Waals surface area contributed by atoms with Crippen molar-refractivity contribution in [3.63, 3.8) is 0 Å². The van der Waals surface area contributed by atoms with E-state index in [0.717, 1.165) is 13.0 Å². The molecule has 0 spiro atoms. The summed E-state index contributed by atoms with van der Waals surface area (Å²) in [6, 6.07) is 13.9. The summed E-state index contributed by atoms with van der Waals surface area (Å²) >= 11 is 0. The number of aromatic carboxylic acids is 1. The third kappa shape index (κ3) is 3.69. The molecule has 0 bridgehead atoms. The largest absolute Gasteiger partial charge is 0.497 e. The zero-order chi connectivity index (χ0) is 24.0. The molecule has 6 nitrogen and oxygen atoms in total. The van der Waals surface area contributed by atoms with Gasteiger partial charge in [0.05, 0.1) is 19.8 Å². The number of carboxylic acid groups (broad SMARTS) is 1. The van der Waals surface area contributed by atoms with Crippen LogP contribution in [-0.2, 0) is 12.0 Å². The fraction of sp³-hybridized carbons (Fsp3) is 0.208. The van der Waals surface area contributed by atoms with Crippen LogP contribution in [-0.4, -0.2) is 25.3 Å². The number of benzene rings is 3. The van der Waals surface area contributed by atoms with Gasteiger partial charge in [-0.05, 0) is 67.1 Å². The summed E-state index contributed by atoms with van der Waals surface area (Å²) in [6.45, 7) is 1.09. The molecule has 0 fully saturated rings. The fourth-order valence-corrected chi connectivity index (χ4v) is 3.80. The number of hydrogen-bond acceptors (Lipinski definition) is 5. The van der Waals surface area contributed by atoms with Gasteiger partial charge in [-0.25, -0.2) is 4.79 Å². The summed E-state index contributed by atoms with van der Waals surface area (Å²) in [5, 5.41) is 9.73. The number of alkyl halides is 3. The summed E-state index contributed by atoms with van der Waals surface area (Å²) < 4.78 is 63.4. The number of hydrogen-bond donors (Lipinski definition) is 1. The van der Waals surface area contributed by atoms with Gasteiger partial charge in [0.1, 0.15) is 17.1 Å². The van der Waals surface area contributed by atoms with Crippen molar-refractivity contribution >= 4 is 5.97 Å². The van der Waals surface area contributed by atoms with Gasteiger partial charge < -0.3 is 24.1 Å². The predicted octanol–water partition coefficient (Wildman–Crippen LogP) is 5.40. The third-order valence-corrected chi connectivity index (χ3v) is 5.46. The topological polar surface area (TPSA) is 74.2 Å². The Kier molecular flexibility index (Phi) is 5.35. The maximum absolute atomic E-state index is 13.6. The van der Waals surface area contributed by atoms with Gasteiger partial charge in [0.15, 0.2) is 11.5 Å². The van der Waals surface area contributed by atoms with Gasteiger partial charge in [-0.2, -0.15) is 13.2 Å². The second kappa shape index (κ2) is 7.91. The van der Waals surface area contributed by atoms with Crippen LogP contribution in [0.3, 0.4) is 0 Å². The van der Waals surface area contributed by atoms with Crippen LogP contribution >= 0.6 is 0 Å². The van der Waals surface area contributed by atoms with E-state index in [2.05, 4.69) is 0 Å². The second-order valence-electron chi connectivity index (χ2n) is 7.33. The predicted molar refractivity (Wildman–Crippen MR) is 111 cm³/mol. The molecule has 0 aliphatic carbocycles. The Bertz CT molecular complexity index is 1150. The van der Waals surface area contributed by atoms with E-state index >= 15 is 0 Å². The van der Waals surface area contributed by atoms with Crippen LogP contribution in [0.5, 0.6) is 23.0 Å². The molecule has 0 atom stereocenters. The van der Waals surface area contributed by atoms with E-state index in [1.54, 1.807) is 48.5 Å². The lowest BCUT2D eigenvalue weighted by Gasteiger charge is -2.29. The molecule has 3 aromatic rings. The van der Waals surface area contributed by atoms with Gasteiger partial charge in [0.2, 0.25) is 0 Å².